The fourth-order valence-corrected chi connectivity index (χ4v) is 0.756. The van der Waals surface area contributed by atoms with Gasteiger partial charge in [0.25, 0.3) is 0 Å². The molecule has 0 fully saturated rings. The van der Waals surface area contributed by atoms with E-state index in [1.165, 1.54) is 0 Å². The van der Waals surface area contributed by atoms with Crippen molar-refractivity contribution in [2.45, 2.75) is 45.5 Å². The summed E-state index contributed by atoms with van der Waals surface area (Å²) in [5.41, 5.74) is -0.0924. The van der Waals surface area contributed by atoms with E-state index in [4.69, 9.17) is 0 Å². The number of hydrogen-bond acceptors (Lipinski definition) is 2. The maximum absolute atomic E-state index is 12.0. The SMILES string of the molecule is CC(OCCNC(C)(C)C)C(F)(F)F. The van der Waals surface area contributed by atoms with Gasteiger partial charge in [0.15, 0.2) is 6.10 Å². The molecule has 0 aromatic heterocycles. The van der Waals surface area contributed by atoms with Crippen molar-refractivity contribution in [3.8, 4) is 0 Å². The van der Waals surface area contributed by atoms with Gasteiger partial charge in [0, 0.05) is 12.1 Å². The molecule has 0 aliphatic rings. The first kappa shape index (κ1) is 13.7. The van der Waals surface area contributed by atoms with Gasteiger partial charge in [-0.3, -0.25) is 0 Å². The van der Waals surface area contributed by atoms with E-state index in [1.54, 1.807) is 0 Å². The molecule has 2 nitrogen and oxygen atoms in total. The van der Waals surface area contributed by atoms with Crippen LogP contribution < -0.4 is 5.32 Å². The zero-order valence-electron chi connectivity index (χ0n) is 9.03. The highest BCUT2D eigenvalue weighted by Crippen LogP contribution is 2.21. The molecule has 0 aliphatic heterocycles. The van der Waals surface area contributed by atoms with Crippen LogP contribution >= 0.6 is 0 Å². The molecular weight excluding hydrogens is 195 g/mol. The molecule has 0 aliphatic carbocycles. The number of ether oxygens (including phenoxy) is 1. The van der Waals surface area contributed by atoms with Gasteiger partial charge in [0.1, 0.15) is 0 Å². The molecule has 1 N–H and O–H groups in total. The average Bonchev–Trinajstić information content (AvgIpc) is 1.93. The Morgan fingerprint density at radius 3 is 2.07 bits per heavy atom. The first-order chi connectivity index (χ1) is 6.13. The van der Waals surface area contributed by atoms with E-state index in [-0.39, 0.29) is 12.1 Å². The van der Waals surface area contributed by atoms with Crippen molar-refractivity contribution in [3.05, 3.63) is 0 Å². The third kappa shape index (κ3) is 7.15. The number of hydrogen-bond donors (Lipinski definition) is 1. The van der Waals surface area contributed by atoms with Crippen LogP contribution in [0.5, 0.6) is 0 Å². The zero-order chi connectivity index (χ0) is 11.4. The molecule has 0 spiro atoms. The standard InChI is InChI=1S/C9H18F3NO/c1-7(9(10,11)12)14-6-5-13-8(2,3)4/h7,13H,5-6H2,1-4H3. The van der Waals surface area contributed by atoms with Crippen LogP contribution in [-0.4, -0.2) is 31.0 Å². The van der Waals surface area contributed by atoms with Crippen molar-refractivity contribution in [2.24, 2.45) is 0 Å². The number of nitrogens with one attached hydrogen (secondary N) is 1. The third-order valence-corrected chi connectivity index (χ3v) is 1.59. The van der Waals surface area contributed by atoms with Gasteiger partial charge in [-0.15, -0.1) is 0 Å². The first-order valence-corrected chi connectivity index (χ1v) is 4.56. The highest BCUT2D eigenvalue weighted by molar-refractivity contribution is 4.70. The molecule has 5 heteroatoms. The maximum atomic E-state index is 12.0. The highest BCUT2D eigenvalue weighted by Gasteiger charge is 2.36. The van der Waals surface area contributed by atoms with E-state index >= 15 is 0 Å². The summed E-state index contributed by atoms with van der Waals surface area (Å²) in [6.45, 7) is 7.33. The second-order valence-electron chi connectivity index (χ2n) is 4.23. The van der Waals surface area contributed by atoms with Crippen molar-refractivity contribution in [1.82, 2.24) is 5.32 Å². The minimum Gasteiger partial charge on any atom is -0.368 e. The first-order valence-electron chi connectivity index (χ1n) is 4.56. The Balaban J connectivity index is 3.56. The Morgan fingerprint density at radius 2 is 1.71 bits per heavy atom. The summed E-state index contributed by atoms with van der Waals surface area (Å²) in [6.07, 6.45) is -5.95. The summed E-state index contributed by atoms with van der Waals surface area (Å²) in [4.78, 5) is 0. The Morgan fingerprint density at radius 1 is 1.21 bits per heavy atom. The fourth-order valence-electron chi connectivity index (χ4n) is 0.756. The molecule has 14 heavy (non-hydrogen) atoms. The van der Waals surface area contributed by atoms with Crippen LogP contribution in [0, 0.1) is 0 Å². The van der Waals surface area contributed by atoms with E-state index in [0.717, 1.165) is 6.92 Å². The number of alkyl halides is 3. The summed E-state index contributed by atoms with van der Waals surface area (Å²) in [5.74, 6) is 0. The molecule has 0 radical (unpaired) electrons. The van der Waals surface area contributed by atoms with Gasteiger partial charge in [-0.2, -0.15) is 13.2 Å². The maximum Gasteiger partial charge on any atom is 0.414 e. The zero-order valence-corrected chi connectivity index (χ0v) is 9.03. The minimum absolute atomic E-state index is 0.0674. The molecule has 0 heterocycles. The van der Waals surface area contributed by atoms with Crippen molar-refractivity contribution in [1.29, 1.82) is 0 Å². The quantitative estimate of drug-likeness (QED) is 0.724. The molecule has 0 rings (SSSR count). The summed E-state index contributed by atoms with van der Waals surface area (Å²) in [6, 6.07) is 0. The van der Waals surface area contributed by atoms with Crippen molar-refractivity contribution >= 4 is 0 Å². The lowest BCUT2D eigenvalue weighted by Crippen LogP contribution is -2.39. The average molecular weight is 213 g/mol. The third-order valence-electron chi connectivity index (χ3n) is 1.59. The van der Waals surface area contributed by atoms with Gasteiger partial charge in [-0.25, -0.2) is 0 Å². The lowest BCUT2D eigenvalue weighted by atomic mass is 10.1. The summed E-state index contributed by atoms with van der Waals surface area (Å²) in [7, 11) is 0. The minimum atomic E-state index is -4.26. The van der Waals surface area contributed by atoms with E-state index in [2.05, 4.69) is 10.1 Å². The fraction of sp³-hybridized carbons (Fsp3) is 1.00. The van der Waals surface area contributed by atoms with Gasteiger partial charge in [-0.1, -0.05) is 0 Å². The normalized spacial score (nSPS) is 15.6. The van der Waals surface area contributed by atoms with Gasteiger partial charge < -0.3 is 10.1 Å². The topological polar surface area (TPSA) is 21.3 Å². The summed E-state index contributed by atoms with van der Waals surface area (Å²) < 4.78 is 40.5. The smallest absolute Gasteiger partial charge is 0.368 e. The van der Waals surface area contributed by atoms with Crippen molar-refractivity contribution < 1.29 is 17.9 Å². The monoisotopic (exact) mass is 213 g/mol. The lowest BCUT2D eigenvalue weighted by molar-refractivity contribution is -0.213. The second-order valence-corrected chi connectivity index (χ2v) is 4.23. The van der Waals surface area contributed by atoms with Crippen LogP contribution in [0.15, 0.2) is 0 Å². The predicted molar refractivity (Wildman–Crippen MR) is 49.2 cm³/mol. The molecule has 86 valence electrons. The molecular formula is C9H18F3NO. The Hall–Kier alpha value is -0.290. The van der Waals surface area contributed by atoms with Crippen molar-refractivity contribution in [3.63, 3.8) is 0 Å². The predicted octanol–water partition coefficient (Wildman–Crippen LogP) is 2.34. The van der Waals surface area contributed by atoms with Gasteiger partial charge in [-0.05, 0) is 27.7 Å². The Bertz CT molecular complexity index is 162. The van der Waals surface area contributed by atoms with Gasteiger partial charge >= 0.3 is 6.18 Å². The molecule has 0 bridgehead atoms. The van der Waals surface area contributed by atoms with Crippen LogP contribution in [0.1, 0.15) is 27.7 Å². The van der Waals surface area contributed by atoms with E-state index < -0.39 is 12.3 Å². The van der Waals surface area contributed by atoms with E-state index in [9.17, 15) is 13.2 Å². The van der Waals surface area contributed by atoms with Crippen LogP contribution in [0.25, 0.3) is 0 Å². The molecule has 1 atom stereocenters. The second kappa shape index (κ2) is 4.98. The summed E-state index contributed by atoms with van der Waals surface area (Å²) in [5, 5.41) is 3.04. The molecule has 1 unspecified atom stereocenters. The van der Waals surface area contributed by atoms with Crippen LogP contribution in [0.4, 0.5) is 13.2 Å². The largest absolute Gasteiger partial charge is 0.414 e. The molecule has 0 saturated carbocycles. The molecule has 0 aromatic carbocycles. The van der Waals surface area contributed by atoms with Gasteiger partial charge in [0.05, 0.1) is 6.61 Å². The van der Waals surface area contributed by atoms with E-state index in [1.807, 2.05) is 20.8 Å². The summed E-state index contributed by atoms with van der Waals surface area (Å²) >= 11 is 0. The van der Waals surface area contributed by atoms with Crippen LogP contribution in [-0.2, 0) is 4.74 Å². The Labute approximate surface area is 82.8 Å². The highest BCUT2D eigenvalue weighted by atomic mass is 19.4. The molecule has 0 amide bonds. The lowest BCUT2D eigenvalue weighted by Gasteiger charge is -2.22. The molecule has 0 saturated heterocycles. The van der Waals surface area contributed by atoms with Crippen LogP contribution in [0.3, 0.4) is 0 Å². The van der Waals surface area contributed by atoms with E-state index in [0.29, 0.717) is 6.54 Å². The van der Waals surface area contributed by atoms with Crippen molar-refractivity contribution in [2.75, 3.05) is 13.2 Å². The molecule has 0 aromatic rings. The Kier molecular flexibility index (Phi) is 4.88. The number of rotatable bonds is 4. The number of halogens is 3. The van der Waals surface area contributed by atoms with Gasteiger partial charge in [0.2, 0.25) is 0 Å². The van der Waals surface area contributed by atoms with Crippen LogP contribution in [0.2, 0.25) is 0 Å².